The fraction of sp³-hybridized carbons (Fsp3) is 0.278. The lowest BCUT2D eigenvalue weighted by Crippen LogP contribution is -2.30. The third-order valence-corrected chi connectivity index (χ3v) is 4.79. The van der Waals surface area contributed by atoms with E-state index in [0.717, 1.165) is 18.4 Å². The van der Waals surface area contributed by atoms with Crippen molar-refractivity contribution < 1.29 is 4.79 Å². The normalized spacial score (nSPS) is 24.3. The van der Waals surface area contributed by atoms with Crippen LogP contribution in [0.15, 0.2) is 48.5 Å². The van der Waals surface area contributed by atoms with E-state index >= 15 is 0 Å². The Morgan fingerprint density at radius 2 is 1.63 bits per heavy atom. The Bertz CT molecular complexity index is 671. The second-order valence-corrected chi connectivity index (χ2v) is 5.74. The van der Waals surface area contributed by atoms with E-state index < -0.39 is 0 Å². The highest BCUT2D eigenvalue weighted by Gasteiger charge is 2.46. The zero-order chi connectivity index (χ0) is 12.9. The summed E-state index contributed by atoms with van der Waals surface area (Å²) in [6.07, 6.45) is 4.09. The minimum Gasteiger partial charge on any atom is -0.294 e. The summed E-state index contributed by atoms with van der Waals surface area (Å²) in [7, 11) is 0. The quantitative estimate of drug-likeness (QED) is 0.691. The number of carbonyl (C=O) groups is 1. The third-order valence-electron chi connectivity index (χ3n) is 4.79. The van der Waals surface area contributed by atoms with Crippen molar-refractivity contribution in [2.45, 2.75) is 31.1 Å². The van der Waals surface area contributed by atoms with Gasteiger partial charge in [-0.25, -0.2) is 0 Å². The molecule has 2 aliphatic carbocycles. The molecule has 1 nitrogen and oxygen atoms in total. The summed E-state index contributed by atoms with van der Waals surface area (Å²) in [6.45, 7) is 0. The van der Waals surface area contributed by atoms with Gasteiger partial charge in [0.05, 0.1) is 0 Å². The maximum absolute atomic E-state index is 12.3. The van der Waals surface area contributed by atoms with Gasteiger partial charge in [-0.1, -0.05) is 48.5 Å². The number of hydrogen-bond acceptors (Lipinski definition) is 1. The van der Waals surface area contributed by atoms with Gasteiger partial charge >= 0.3 is 0 Å². The van der Waals surface area contributed by atoms with Crippen LogP contribution in [0.1, 0.15) is 46.3 Å². The molecule has 0 fully saturated rings. The summed E-state index contributed by atoms with van der Waals surface area (Å²) in [5.74, 6) is 0.312. The molecule has 2 aromatic carbocycles. The highest BCUT2D eigenvalue weighted by Crippen LogP contribution is 2.50. The number of hydrogen-bond donors (Lipinski definition) is 0. The molecule has 0 bridgehead atoms. The van der Waals surface area contributed by atoms with Crippen LogP contribution >= 0.6 is 0 Å². The van der Waals surface area contributed by atoms with Crippen molar-refractivity contribution in [3.63, 3.8) is 0 Å². The van der Waals surface area contributed by atoms with E-state index in [0.29, 0.717) is 12.2 Å². The molecule has 4 rings (SSSR count). The van der Waals surface area contributed by atoms with E-state index in [4.69, 9.17) is 0 Å². The number of aryl methyl sites for hydroxylation is 1. The first kappa shape index (κ1) is 11.0. The average molecular weight is 248 g/mol. The first-order valence-corrected chi connectivity index (χ1v) is 7.02. The summed E-state index contributed by atoms with van der Waals surface area (Å²) in [4.78, 5) is 12.3. The molecular formula is C18H16O. The second-order valence-electron chi connectivity index (χ2n) is 5.74. The maximum Gasteiger partial charge on any atom is 0.164 e. The maximum atomic E-state index is 12.3. The van der Waals surface area contributed by atoms with E-state index in [1.807, 2.05) is 12.1 Å². The molecule has 19 heavy (non-hydrogen) atoms. The van der Waals surface area contributed by atoms with Gasteiger partial charge in [-0.2, -0.15) is 0 Å². The predicted molar refractivity (Wildman–Crippen MR) is 75.5 cm³/mol. The van der Waals surface area contributed by atoms with Crippen molar-refractivity contribution >= 4 is 5.78 Å². The molecule has 1 atom stereocenters. The molecule has 0 N–H and O–H groups in total. The Labute approximate surface area is 113 Å². The van der Waals surface area contributed by atoms with Crippen LogP contribution in [0.3, 0.4) is 0 Å². The van der Waals surface area contributed by atoms with E-state index in [1.165, 1.54) is 23.1 Å². The Balaban J connectivity index is 2.01. The minimum absolute atomic E-state index is 0.0392. The van der Waals surface area contributed by atoms with Gasteiger partial charge in [0.1, 0.15) is 0 Å². The lowest BCUT2D eigenvalue weighted by molar-refractivity contribution is 0.0976. The number of rotatable bonds is 0. The number of ketones is 1. The van der Waals surface area contributed by atoms with Crippen LogP contribution in [0.5, 0.6) is 0 Å². The van der Waals surface area contributed by atoms with Gasteiger partial charge in [-0.05, 0) is 36.0 Å². The topological polar surface area (TPSA) is 17.1 Å². The van der Waals surface area contributed by atoms with Crippen LogP contribution in [0.2, 0.25) is 0 Å². The zero-order valence-electron chi connectivity index (χ0n) is 10.9. The van der Waals surface area contributed by atoms with Crippen molar-refractivity contribution in [1.29, 1.82) is 0 Å². The molecular weight excluding hydrogens is 232 g/mol. The lowest BCUT2D eigenvalue weighted by Gasteiger charge is -2.36. The van der Waals surface area contributed by atoms with E-state index in [-0.39, 0.29) is 5.41 Å². The van der Waals surface area contributed by atoms with E-state index in [1.54, 1.807) is 0 Å². The highest BCUT2D eigenvalue weighted by atomic mass is 16.1. The Hall–Kier alpha value is -1.89. The summed E-state index contributed by atoms with van der Waals surface area (Å²) in [5, 5.41) is 0. The fourth-order valence-corrected chi connectivity index (χ4v) is 3.99. The monoisotopic (exact) mass is 248 g/mol. The second kappa shape index (κ2) is 3.80. The molecule has 2 aromatic rings. The number of Topliss-reactive ketones (excluding diaryl/α,β-unsaturated/α-hetero) is 1. The lowest BCUT2D eigenvalue weighted by atomic mass is 9.66. The van der Waals surface area contributed by atoms with Gasteiger partial charge in [-0.3, -0.25) is 4.79 Å². The largest absolute Gasteiger partial charge is 0.294 e. The molecule has 0 amide bonds. The molecule has 0 radical (unpaired) electrons. The van der Waals surface area contributed by atoms with Crippen LogP contribution in [0.25, 0.3) is 0 Å². The summed E-state index contributed by atoms with van der Waals surface area (Å²) >= 11 is 0. The van der Waals surface area contributed by atoms with Crippen LogP contribution < -0.4 is 0 Å². The Kier molecular flexibility index (Phi) is 2.20. The molecule has 0 heterocycles. The summed E-state index contributed by atoms with van der Waals surface area (Å²) in [6, 6.07) is 16.9. The van der Waals surface area contributed by atoms with E-state index in [9.17, 15) is 4.79 Å². The third kappa shape index (κ3) is 1.39. The minimum atomic E-state index is -0.0392. The number of carbonyl (C=O) groups excluding carboxylic acids is 1. The van der Waals surface area contributed by atoms with Gasteiger partial charge in [0.25, 0.3) is 0 Å². The highest BCUT2D eigenvalue weighted by molar-refractivity contribution is 6.03. The standard InChI is InChI=1S/C18H16O/c19-17-12-18(16-10-4-2-8-14(16)17)11-5-7-13-6-1-3-9-15(13)18/h1-4,6,8-10H,5,7,11-12H2. The van der Waals surface area contributed by atoms with E-state index in [2.05, 4.69) is 36.4 Å². The van der Waals surface area contributed by atoms with Crippen molar-refractivity contribution in [3.8, 4) is 0 Å². The SMILES string of the molecule is O=C1CC2(CCCc3ccccc32)c2ccccc21. The molecule has 1 heteroatoms. The molecule has 0 saturated carbocycles. The van der Waals surface area contributed by atoms with Gasteiger partial charge < -0.3 is 0 Å². The van der Waals surface area contributed by atoms with Crippen LogP contribution in [-0.4, -0.2) is 5.78 Å². The molecule has 0 saturated heterocycles. The molecule has 1 unspecified atom stereocenters. The molecule has 0 aromatic heterocycles. The predicted octanol–water partition coefficient (Wildman–Crippen LogP) is 3.90. The van der Waals surface area contributed by atoms with Gasteiger partial charge in [0.2, 0.25) is 0 Å². The van der Waals surface area contributed by atoms with Gasteiger partial charge in [0.15, 0.2) is 5.78 Å². The van der Waals surface area contributed by atoms with Crippen LogP contribution in [0.4, 0.5) is 0 Å². The number of benzene rings is 2. The fourth-order valence-electron chi connectivity index (χ4n) is 3.99. The molecule has 1 spiro atoms. The van der Waals surface area contributed by atoms with Crippen molar-refractivity contribution in [2.24, 2.45) is 0 Å². The van der Waals surface area contributed by atoms with Crippen LogP contribution in [0, 0.1) is 0 Å². The van der Waals surface area contributed by atoms with Crippen LogP contribution in [-0.2, 0) is 11.8 Å². The summed E-state index contributed by atoms with van der Waals surface area (Å²) < 4.78 is 0. The summed E-state index contributed by atoms with van der Waals surface area (Å²) in [5.41, 5.74) is 4.98. The first-order valence-electron chi connectivity index (χ1n) is 7.02. The van der Waals surface area contributed by atoms with Crippen molar-refractivity contribution in [2.75, 3.05) is 0 Å². The zero-order valence-corrected chi connectivity index (χ0v) is 10.9. The van der Waals surface area contributed by atoms with Gasteiger partial charge in [-0.15, -0.1) is 0 Å². The molecule has 94 valence electrons. The average Bonchev–Trinajstić information content (AvgIpc) is 2.74. The smallest absolute Gasteiger partial charge is 0.164 e. The Morgan fingerprint density at radius 3 is 2.53 bits per heavy atom. The van der Waals surface area contributed by atoms with Crippen molar-refractivity contribution in [1.82, 2.24) is 0 Å². The Morgan fingerprint density at radius 1 is 0.895 bits per heavy atom. The molecule has 2 aliphatic rings. The molecule has 0 aliphatic heterocycles. The van der Waals surface area contributed by atoms with Crippen molar-refractivity contribution in [3.05, 3.63) is 70.8 Å². The van der Waals surface area contributed by atoms with Gasteiger partial charge in [0, 0.05) is 17.4 Å². The number of fused-ring (bicyclic) bond motifs is 4. The first-order chi connectivity index (χ1) is 9.31.